The van der Waals surface area contributed by atoms with E-state index in [0.717, 1.165) is 86.2 Å². The smallest absolute Gasteiger partial charge is 0.416 e. The number of aromatic nitrogens is 2. The van der Waals surface area contributed by atoms with Gasteiger partial charge in [0.05, 0.1) is 13.2 Å². The van der Waals surface area contributed by atoms with Gasteiger partial charge in [0, 0.05) is 82.5 Å². The van der Waals surface area contributed by atoms with E-state index in [0.29, 0.717) is 60.7 Å². The summed E-state index contributed by atoms with van der Waals surface area (Å²) in [5, 5.41) is 3.47. The van der Waals surface area contributed by atoms with Crippen LogP contribution in [0.4, 0.5) is 18.4 Å². The number of nitrogens with zero attached hydrogens (tertiary/aromatic N) is 5. The molecule has 2 N–H and O–H groups in total. The number of hydrogen-bond donors (Lipinski definition) is 2. The van der Waals surface area contributed by atoms with E-state index < -0.39 is 24.3 Å². The van der Waals surface area contributed by atoms with Gasteiger partial charge in [-0.25, -0.2) is 18.4 Å². The highest BCUT2D eigenvalue weighted by molar-refractivity contribution is 6.31. The van der Waals surface area contributed by atoms with Gasteiger partial charge in [0.1, 0.15) is 46.7 Å². The first-order valence-electron chi connectivity index (χ1n) is 31.2. The van der Waals surface area contributed by atoms with Gasteiger partial charge in [0.15, 0.2) is 0 Å². The van der Waals surface area contributed by atoms with Crippen molar-refractivity contribution in [3.63, 3.8) is 0 Å². The molecular formula is C70H79Cl2F2N7O6. The molecule has 6 aromatic carbocycles. The second kappa shape index (κ2) is 29.7. The molecule has 87 heavy (non-hydrogen) atoms. The second-order valence-electron chi connectivity index (χ2n) is 23.5. The highest BCUT2D eigenvalue weighted by atomic mass is 35.5. The SMILES string of the molecule is CN1CCN(CCCCCCOc2ccc(C3c4[nH]c5ccc(Cl)cc5c4CCN3C(=O)Oc3ccc(F)cc3)cc2)CC1.O=C(Oc1ccc(F)cc1)N1CCc2c([nH]c3ccc(Cl)cc23)C1c1ccc(OCCCCCCN2CCCCC2)cc1. The van der Waals surface area contributed by atoms with Gasteiger partial charge in [-0.05, 0) is 216 Å². The second-order valence-corrected chi connectivity index (χ2v) is 24.3. The van der Waals surface area contributed by atoms with E-state index in [1.165, 1.54) is 152 Å². The molecule has 0 spiro atoms. The normalized spacial score (nSPS) is 17.3. The van der Waals surface area contributed by atoms with Gasteiger partial charge in [0.2, 0.25) is 0 Å². The molecule has 0 saturated carbocycles. The number of carbonyl (C=O) groups is 2. The number of fused-ring (bicyclic) bond motifs is 6. The Balaban J connectivity index is 0.000000180. The van der Waals surface area contributed by atoms with Crippen molar-refractivity contribution < 1.29 is 37.3 Å². The van der Waals surface area contributed by atoms with Crippen molar-refractivity contribution in [2.75, 3.05) is 85.7 Å². The van der Waals surface area contributed by atoms with Crippen LogP contribution in [0.15, 0.2) is 133 Å². The molecule has 4 aliphatic heterocycles. The highest BCUT2D eigenvalue weighted by Gasteiger charge is 2.38. The Morgan fingerprint density at radius 3 is 1.31 bits per heavy atom. The summed E-state index contributed by atoms with van der Waals surface area (Å²) in [5.41, 5.74) is 8.01. The number of H-pyrrole nitrogens is 2. The molecule has 8 aromatic rings. The number of amides is 2. The number of nitrogens with one attached hydrogen (secondary N) is 2. The largest absolute Gasteiger partial charge is 0.494 e. The van der Waals surface area contributed by atoms with Crippen LogP contribution in [0.3, 0.4) is 0 Å². The first-order chi connectivity index (χ1) is 42.5. The lowest BCUT2D eigenvalue weighted by Gasteiger charge is -2.35. The van der Waals surface area contributed by atoms with Crippen molar-refractivity contribution in [3.8, 4) is 23.0 Å². The molecule has 13 nitrogen and oxygen atoms in total. The summed E-state index contributed by atoms with van der Waals surface area (Å²) in [6, 6.07) is 37.8. The van der Waals surface area contributed by atoms with E-state index in [2.05, 4.69) is 31.7 Å². The van der Waals surface area contributed by atoms with Gasteiger partial charge in [-0.15, -0.1) is 0 Å². The summed E-state index contributed by atoms with van der Waals surface area (Å²) in [5.74, 6) is 1.46. The lowest BCUT2D eigenvalue weighted by atomic mass is 9.92. The van der Waals surface area contributed by atoms with Crippen LogP contribution in [0.5, 0.6) is 23.0 Å². The Morgan fingerprint density at radius 1 is 0.471 bits per heavy atom. The maximum Gasteiger partial charge on any atom is 0.416 e. The molecule has 458 valence electrons. The van der Waals surface area contributed by atoms with Gasteiger partial charge in [-0.1, -0.05) is 79.6 Å². The van der Waals surface area contributed by atoms with E-state index in [1.54, 1.807) is 9.80 Å². The number of aromatic amines is 2. The number of likely N-dealkylation sites (N-methyl/N-ethyl adjacent to an activating group) is 1. The third-order valence-electron chi connectivity index (χ3n) is 17.4. The van der Waals surface area contributed by atoms with E-state index in [9.17, 15) is 18.4 Å². The number of hydrogen-bond acceptors (Lipinski definition) is 9. The Bertz CT molecular complexity index is 3530. The molecule has 2 amide bonds. The quantitative estimate of drug-likeness (QED) is 0.0719. The van der Waals surface area contributed by atoms with Gasteiger partial charge >= 0.3 is 12.2 Å². The molecular weight excluding hydrogens is 1140 g/mol. The molecule has 2 saturated heterocycles. The van der Waals surface area contributed by atoms with E-state index in [-0.39, 0.29) is 11.6 Å². The molecule has 12 rings (SSSR count). The zero-order chi connectivity index (χ0) is 60.1. The summed E-state index contributed by atoms with van der Waals surface area (Å²) >= 11 is 12.7. The molecule has 6 heterocycles. The number of rotatable bonds is 20. The number of benzene rings is 6. The number of unbranched alkanes of at least 4 members (excludes halogenated alkanes) is 6. The van der Waals surface area contributed by atoms with Crippen LogP contribution in [0.25, 0.3) is 21.8 Å². The van der Waals surface area contributed by atoms with Crippen molar-refractivity contribution in [3.05, 3.63) is 189 Å². The van der Waals surface area contributed by atoms with Gasteiger partial charge in [-0.3, -0.25) is 9.80 Å². The van der Waals surface area contributed by atoms with Gasteiger partial charge in [0.25, 0.3) is 0 Å². The lowest BCUT2D eigenvalue weighted by molar-refractivity contribution is 0.134. The predicted molar refractivity (Wildman–Crippen MR) is 341 cm³/mol. The number of ether oxygens (including phenoxy) is 4. The third kappa shape index (κ3) is 16.0. The zero-order valence-corrected chi connectivity index (χ0v) is 51.2. The van der Waals surface area contributed by atoms with Crippen LogP contribution in [-0.2, 0) is 12.8 Å². The van der Waals surface area contributed by atoms with Crippen LogP contribution in [0, 0.1) is 11.6 Å². The Hall–Kier alpha value is -7.14. The third-order valence-corrected chi connectivity index (χ3v) is 17.9. The fourth-order valence-corrected chi connectivity index (χ4v) is 13.0. The molecule has 4 aliphatic rings. The first-order valence-corrected chi connectivity index (χ1v) is 31.9. The molecule has 0 aliphatic carbocycles. The summed E-state index contributed by atoms with van der Waals surface area (Å²) in [6.07, 6.45) is 13.8. The number of piperazine rings is 1. The van der Waals surface area contributed by atoms with Crippen molar-refractivity contribution in [1.82, 2.24) is 34.5 Å². The molecule has 2 unspecified atom stereocenters. The number of carbonyl (C=O) groups excluding carboxylic acids is 2. The summed E-state index contributed by atoms with van der Waals surface area (Å²) in [4.78, 5) is 45.1. The Morgan fingerprint density at radius 2 is 0.874 bits per heavy atom. The average molecular weight is 1220 g/mol. The number of likely N-dealkylation sites (tertiary alicyclic amines) is 1. The van der Waals surface area contributed by atoms with Crippen LogP contribution in [0.2, 0.25) is 10.0 Å². The maximum absolute atomic E-state index is 13.5. The fourth-order valence-electron chi connectivity index (χ4n) is 12.6. The average Bonchev–Trinajstić information content (AvgIpc) is 1.85. The minimum Gasteiger partial charge on any atom is -0.494 e. The molecule has 2 aromatic heterocycles. The van der Waals surface area contributed by atoms with E-state index in [4.69, 9.17) is 42.1 Å². The summed E-state index contributed by atoms with van der Waals surface area (Å²) < 4.78 is 50.4. The molecule has 0 radical (unpaired) electrons. The van der Waals surface area contributed by atoms with Crippen LogP contribution in [0.1, 0.15) is 116 Å². The van der Waals surface area contributed by atoms with Crippen molar-refractivity contribution >= 4 is 57.2 Å². The van der Waals surface area contributed by atoms with Crippen LogP contribution in [-0.4, -0.2) is 132 Å². The van der Waals surface area contributed by atoms with Gasteiger partial charge in [-0.2, -0.15) is 0 Å². The molecule has 2 fully saturated rings. The first kappa shape index (κ1) is 61.5. The minimum absolute atomic E-state index is 0.299. The molecule has 2 atom stereocenters. The zero-order valence-electron chi connectivity index (χ0n) is 49.7. The standard InChI is InChI=1S/C35H40ClFN4O3.C35H39ClFN3O3/c1-39-19-21-40(22-20-39)17-4-2-3-5-23-43-28-11-6-25(7-12-28)34-33-30(31-24-26(36)8-15-32(31)38-33)16-18-41(34)35(42)44-29-13-9-27(37)10-14-29;36-26-10-17-32-31(24-26)30-18-22-40(35(41)43-29-15-11-27(37)12-16-29)34(33(30)38-32)25-8-13-28(14-9-25)42-23-7-2-1-4-19-39-20-5-3-6-21-39/h6-15,24,34,38H,2-5,16-23H2,1H3;8-17,24,34,38H,1-7,18-23H2. The van der Waals surface area contributed by atoms with E-state index >= 15 is 0 Å². The lowest BCUT2D eigenvalue weighted by Crippen LogP contribution is -2.44. The highest BCUT2D eigenvalue weighted by Crippen LogP contribution is 2.42. The van der Waals surface area contributed by atoms with Crippen LogP contribution >= 0.6 is 23.2 Å². The summed E-state index contributed by atoms with van der Waals surface area (Å²) in [6.45, 7) is 11.9. The van der Waals surface area contributed by atoms with Crippen LogP contribution < -0.4 is 18.9 Å². The molecule has 0 bridgehead atoms. The Kier molecular flexibility index (Phi) is 21.0. The summed E-state index contributed by atoms with van der Waals surface area (Å²) in [7, 11) is 2.19. The van der Waals surface area contributed by atoms with Crippen molar-refractivity contribution in [1.29, 1.82) is 0 Å². The predicted octanol–water partition coefficient (Wildman–Crippen LogP) is 15.8. The maximum atomic E-state index is 13.5. The number of halogens is 4. The topological polar surface area (TPSA) is 119 Å². The van der Waals surface area contributed by atoms with Gasteiger partial charge < -0.3 is 43.6 Å². The monoisotopic (exact) mass is 1220 g/mol. The molecule has 17 heteroatoms. The van der Waals surface area contributed by atoms with Crippen molar-refractivity contribution in [2.24, 2.45) is 0 Å². The minimum atomic E-state index is -0.489. The number of piperidine rings is 1. The fraction of sp³-hybridized carbons (Fsp3) is 0.400. The Labute approximate surface area is 519 Å². The van der Waals surface area contributed by atoms with E-state index in [1.807, 2.05) is 84.9 Å². The van der Waals surface area contributed by atoms with Crippen molar-refractivity contribution in [2.45, 2.75) is 95.6 Å².